The van der Waals surface area contributed by atoms with E-state index >= 15 is 0 Å². The van der Waals surface area contributed by atoms with Crippen LogP contribution in [0.15, 0.2) is 72.9 Å². The number of aryl methyl sites for hydroxylation is 1. The minimum atomic E-state index is -0.654. The first-order valence-corrected chi connectivity index (χ1v) is 9.65. The summed E-state index contributed by atoms with van der Waals surface area (Å²) in [4.78, 5) is 12.5. The van der Waals surface area contributed by atoms with E-state index in [9.17, 15) is 9.90 Å². The van der Waals surface area contributed by atoms with E-state index in [0.29, 0.717) is 18.8 Å². The summed E-state index contributed by atoms with van der Waals surface area (Å²) in [5, 5.41) is 16.2. The predicted octanol–water partition coefficient (Wildman–Crippen LogP) is 2.92. The van der Waals surface area contributed by atoms with Gasteiger partial charge in [0.1, 0.15) is 5.69 Å². The molecule has 0 unspecified atom stereocenters. The van der Waals surface area contributed by atoms with E-state index in [1.807, 2.05) is 53.2 Å². The molecule has 1 amide bonds. The Kier molecular flexibility index (Phi) is 7.00. The van der Waals surface area contributed by atoms with Gasteiger partial charge in [-0.25, -0.2) is 0 Å². The van der Waals surface area contributed by atoms with E-state index in [2.05, 4.69) is 35.8 Å². The lowest BCUT2D eigenvalue weighted by Crippen LogP contribution is -2.38. The van der Waals surface area contributed by atoms with Crippen LogP contribution in [0.25, 0.3) is 5.69 Å². The van der Waals surface area contributed by atoms with Crippen molar-refractivity contribution in [3.63, 3.8) is 0 Å². The number of aromatic nitrogens is 1. The molecule has 0 saturated carbocycles. The number of hydrogen-bond donors (Lipinski definition) is 3. The number of carbonyl (C=O) groups excluding carboxylic acids is 1. The van der Waals surface area contributed by atoms with Gasteiger partial charge in [0.05, 0.1) is 6.10 Å². The van der Waals surface area contributed by atoms with Gasteiger partial charge in [-0.3, -0.25) is 4.79 Å². The van der Waals surface area contributed by atoms with Crippen LogP contribution in [0, 0.1) is 0 Å². The quantitative estimate of drug-likeness (QED) is 0.537. The van der Waals surface area contributed by atoms with Gasteiger partial charge in [-0.05, 0) is 41.8 Å². The topological polar surface area (TPSA) is 66.3 Å². The lowest BCUT2D eigenvalue weighted by Gasteiger charge is -2.14. The molecule has 3 rings (SSSR count). The number of benzene rings is 2. The Labute approximate surface area is 166 Å². The average Bonchev–Trinajstić information content (AvgIpc) is 3.23. The molecule has 1 aromatic heterocycles. The smallest absolute Gasteiger partial charge is 0.268 e. The number of amides is 1. The summed E-state index contributed by atoms with van der Waals surface area (Å²) in [6.45, 7) is 3.43. The highest BCUT2D eigenvalue weighted by Crippen LogP contribution is 2.12. The first-order valence-electron chi connectivity index (χ1n) is 9.65. The highest BCUT2D eigenvalue weighted by atomic mass is 16.3. The first-order chi connectivity index (χ1) is 13.7. The zero-order chi connectivity index (χ0) is 19.8. The predicted molar refractivity (Wildman–Crippen MR) is 112 cm³/mol. The Morgan fingerprint density at radius 2 is 1.79 bits per heavy atom. The highest BCUT2D eigenvalue weighted by Gasteiger charge is 2.13. The lowest BCUT2D eigenvalue weighted by atomic mass is 10.1. The SMILES string of the molecule is CCc1cccc(CNC[C@@H](O)CNC(=O)c2cccn2-c2ccccc2)c1. The largest absolute Gasteiger partial charge is 0.390 e. The summed E-state index contributed by atoms with van der Waals surface area (Å²) in [6.07, 6.45) is 2.21. The molecule has 1 atom stereocenters. The third-order valence-corrected chi connectivity index (χ3v) is 4.62. The van der Waals surface area contributed by atoms with Crippen LogP contribution >= 0.6 is 0 Å². The Balaban J connectivity index is 1.46. The standard InChI is InChI=1S/C23H27N3O2/c1-2-18-8-6-9-19(14-18)15-24-16-21(27)17-25-23(28)22-12-7-13-26(22)20-10-4-3-5-11-20/h3-14,21,24,27H,2,15-17H2,1H3,(H,25,28)/t21-/m1/s1. The van der Waals surface area contributed by atoms with Gasteiger partial charge in [0.15, 0.2) is 0 Å². The molecule has 5 heteroatoms. The number of para-hydroxylation sites is 1. The molecule has 28 heavy (non-hydrogen) atoms. The number of nitrogens with zero attached hydrogens (tertiary/aromatic N) is 1. The van der Waals surface area contributed by atoms with E-state index in [-0.39, 0.29) is 12.5 Å². The monoisotopic (exact) mass is 377 g/mol. The van der Waals surface area contributed by atoms with Crippen molar-refractivity contribution in [2.75, 3.05) is 13.1 Å². The van der Waals surface area contributed by atoms with Crippen molar-refractivity contribution in [1.29, 1.82) is 0 Å². The third kappa shape index (κ3) is 5.31. The van der Waals surface area contributed by atoms with Gasteiger partial charge < -0.3 is 20.3 Å². The second kappa shape index (κ2) is 9.88. The molecule has 0 fully saturated rings. The molecule has 0 aliphatic heterocycles. The van der Waals surface area contributed by atoms with Gasteiger partial charge >= 0.3 is 0 Å². The number of rotatable bonds is 9. The minimum absolute atomic E-state index is 0.195. The summed E-state index contributed by atoms with van der Waals surface area (Å²) in [5.41, 5.74) is 3.96. The van der Waals surface area contributed by atoms with E-state index in [1.54, 1.807) is 6.07 Å². The van der Waals surface area contributed by atoms with Crippen molar-refractivity contribution in [1.82, 2.24) is 15.2 Å². The number of carbonyl (C=O) groups is 1. The van der Waals surface area contributed by atoms with Crippen molar-refractivity contribution >= 4 is 5.91 Å². The van der Waals surface area contributed by atoms with Crippen molar-refractivity contribution in [2.24, 2.45) is 0 Å². The van der Waals surface area contributed by atoms with Gasteiger partial charge in [0, 0.05) is 31.5 Å². The number of nitrogens with one attached hydrogen (secondary N) is 2. The number of aliphatic hydroxyl groups is 1. The molecule has 0 aliphatic rings. The summed E-state index contributed by atoms with van der Waals surface area (Å²) in [7, 11) is 0. The zero-order valence-electron chi connectivity index (χ0n) is 16.1. The fourth-order valence-electron chi connectivity index (χ4n) is 3.10. The molecule has 0 aliphatic carbocycles. The van der Waals surface area contributed by atoms with Crippen molar-refractivity contribution in [3.8, 4) is 5.69 Å². The molecule has 5 nitrogen and oxygen atoms in total. The second-order valence-electron chi connectivity index (χ2n) is 6.77. The van der Waals surface area contributed by atoms with Crippen LogP contribution in [-0.4, -0.2) is 34.8 Å². The van der Waals surface area contributed by atoms with Gasteiger partial charge in [-0.15, -0.1) is 0 Å². The molecular formula is C23H27N3O2. The molecule has 0 radical (unpaired) electrons. The summed E-state index contributed by atoms with van der Waals surface area (Å²) < 4.78 is 1.83. The van der Waals surface area contributed by atoms with E-state index in [4.69, 9.17) is 0 Å². The average molecular weight is 377 g/mol. The molecule has 0 bridgehead atoms. The van der Waals surface area contributed by atoms with Crippen LogP contribution in [0.1, 0.15) is 28.5 Å². The maximum Gasteiger partial charge on any atom is 0.268 e. The Bertz CT molecular complexity index is 890. The van der Waals surface area contributed by atoms with E-state index in [0.717, 1.165) is 12.1 Å². The Morgan fingerprint density at radius 1 is 1.00 bits per heavy atom. The molecular weight excluding hydrogens is 350 g/mol. The summed E-state index contributed by atoms with van der Waals surface area (Å²) >= 11 is 0. The van der Waals surface area contributed by atoms with Crippen LogP contribution in [0.3, 0.4) is 0 Å². The fraction of sp³-hybridized carbons (Fsp3) is 0.261. The Morgan fingerprint density at radius 3 is 2.57 bits per heavy atom. The van der Waals surface area contributed by atoms with Crippen LogP contribution in [0.5, 0.6) is 0 Å². The first kappa shape index (κ1) is 19.9. The summed E-state index contributed by atoms with van der Waals surface area (Å²) in [6, 6.07) is 21.7. The Hall–Kier alpha value is -2.89. The van der Waals surface area contributed by atoms with Gasteiger partial charge in [-0.2, -0.15) is 0 Å². The number of aliphatic hydroxyl groups excluding tert-OH is 1. The van der Waals surface area contributed by atoms with Crippen LogP contribution < -0.4 is 10.6 Å². The fourth-order valence-corrected chi connectivity index (χ4v) is 3.10. The van der Waals surface area contributed by atoms with Crippen LogP contribution in [0.4, 0.5) is 0 Å². The molecule has 0 spiro atoms. The molecule has 3 N–H and O–H groups in total. The highest BCUT2D eigenvalue weighted by molar-refractivity contribution is 5.93. The lowest BCUT2D eigenvalue weighted by molar-refractivity contribution is 0.0908. The van der Waals surface area contributed by atoms with Gasteiger partial charge in [0.25, 0.3) is 5.91 Å². The van der Waals surface area contributed by atoms with E-state index in [1.165, 1.54) is 11.1 Å². The maximum absolute atomic E-state index is 12.5. The van der Waals surface area contributed by atoms with Gasteiger partial charge in [0.2, 0.25) is 0 Å². The van der Waals surface area contributed by atoms with Crippen LogP contribution in [-0.2, 0) is 13.0 Å². The molecule has 146 valence electrons. The van der Waals surface area contributed by atoms with Gasteiger partial charge in [-0.1, -0.05) is 49.4 Å². The van der Waals surface area contributed by atoms with E-state index < -0.39 is 6.10 Å². The normalized spacial score (nSPS) is 11.9. The van der Waals surface area contributed by atoms with Crippen LogP contribution in [0.2, 0.25) is 0 Å². The minimum Gasteiger partial charge on any atom is -0.390 e. The molecule has 3 aromatic rings. The molecule has 0 saturated heterocycles. The van der Waals surface area contributed by atoms with Crippen molar-refractivity contribution in [2.45, 2.75) is 26.0 Å². The molecule has 1 heterocycles. The van der Waals surface area contributed by atoms with Crippen molar-refractivity contribution in [3.05, 3.63) is 89.7 Å². The molecule has 2 aromatic carbocycles. The maximum atomic E-state index is 12.5. The number of hydrogen-bond acceptors (Lipinski definition) is 3. The zero-order valence-corrected chi connectivity index (χ0v) is 16.1. The third-order valence-electron chi connectivity index (χ3n) is 4.62. The second-order valence-corrected chi connectivity index (χ2v) is 6.77. The summed E-state index contributed by atoms with van der Waals surface area (Å²) in [5.74, 6) is -0.205. The van der Waals surface area contributed by atoms with Crippen molar-refractivity contribution < 1.29 is 9.90 Å².